The van der Waals surface area contributed by atoms with Crippen molar-refractivity contribution in [1.29, 1.82) is 0 Å². The topological polar surface area (TPSA) is 112 Å². The Hall–Kier alpha value is -2.61. The van der Waals surface area contributed by atoms with Crippen LogP contribution in [0.5, 0.6) is 0 Å². The maximum absolute atomic E-state index is 12.0. The first kappa shape index (κ1) is 14.8. The molecule has 0 atom stereocenters. The summed E-state index contributed by atoms with van der Waals surface area (Å²) in [5, 5.41) is 8.50. The molecular weight excluding hydrogens is 294 g/mol. The lowest BCUT2D eigenvalue weighted by Gasteiger charge is -2.06. The van der Waals surface area contributed by atoms with Crippen LogP contribution in [0, 0.1) is 6.92 Å². The highest BCUT2D eigenvalue weighted by Gasteiger charge is 2.16. The predicted molar refractivity (Wildman–Crippen MR) is 77.2 cm³/mol. The van der Waals surface area contributed by atoms with Crippen molar-refractivity contribution in [1.82, 2.24) is 9.97 Å². The van der Waals surface area contributed by atoms with Crippen LogP contribution in [0.4, 0.5) is 5.69 Å². The van der Waals surface area contributed by atoms with E-state index in [1.165, 1.54) is 12.3 Å². The fourth-order valence-corrected chi connectivity index (χ4v) is 2.60. The van der Waals surface area contributed by atoms with Gasteiger partial charge in [-0.2, -0.15) is 8.42 Å². The number of anilines is 1. The summed E-state index contributed by atoms with van der Waals surface area (Å²) in [6.45, 7) is 1.66. The SMILES string of the molecule is Cc1ncc(S(=O)(=O)Nc2ccc(C=CC(=O)O)cc2)[nH]1. The van der Waals surface area contributed by atoms with Gasteiger partial charge in [0.1, 0.15) is 5.82 Å². The molecule has 0 radical (unpaired) electrons. The number of aromatic nitrogens is 2. The molecule has 2 rings (SSSR count). The van der Waals surface area contributed by atoms with Crippen LogP contribution in [0.3, 0.4) is 0 Å². The Morgan fingerprint density at radius 1 is 1.33 bits per heavy atom. The van der Waals surface area contributed by atoms with Crippen molar-refractivity contribution in [3.05, 3.63) is 47.9 Å². The Morgan fingerprint density at radius 3 is 2.52 bits per heavy atom. The average Bonchev–Trinajstić information content (AvgIpc) is 2.85. The van der Waals surface area contributed by atoms with Crippen LogP contribution >= 0.6 is 0 Å². The number of nitrogens with zero attached hydrogens (tertiary/aromatic N) is 1. The first-order chi connectivity index (χ1) is 9.87. The molecule has 0 aliphatic rings. The number of aromatic amines is 1. The first-order valence-corrected chi connectivity index (χ1v) is 7.41. The van der Waals surface area contributed by atoms with Gasteiger partial charge in [0.25, 0.3) is 10.0 Å². The Balaban J connectivity index is 2.15. The molecule has 0 saturated heterocycles. The van der Waals surface area contributed by atoms with Gasteiger partial charge in [0.15, 0.2) is 5.03 Å². The molecule has 0 saturated carbocycles. The van der Waals surface area contributed by atoms with Crippen LogP contribution in [0.15, 0.2) is 41.6 Å². The summed E-state index contributed by atoms with van der Waals surface area (Å²) in [4.78, 5) is 16.9. The Bertz CT molecular complexity index is 776. The summed E-state index contributed by atoms with van der Waals surface area (Å²) in [5.74, 6) is -0.543. The standard InChI is InChI=1S/C13H13N3O4S/c1-9-14-8-12(15-9)21(19,20)16-11-5-2-10(3-6-11)4-7-13(17)18/h2-8,16H,1H3,(H,14,15)(H,17,18). The third-order valence-corrected chi connectivity index (χ3v) is 3.84. The molecule has 0 amide bonds. The number of carboxylic acid groups (broad SMARTS) is 1. The normalized spacial score (nSPS) is 11.7. The maximum Gasteiger partial charge on any atom is 0.328 e. The van der Waals surface area contributed by atoms with E-state index >= 15 is 0 Å². The van der Waals surface area contributed by atoms with Crippen molar-refractivity contribution < 1.29 is 18.3 Å². The van der Waals surface area contributed by atoms with Crippen molar-refractivity contribution in [2.24, 2.45) is 0 Å². The number of rotatable bonds is 5. The smallest absolute Gasteiger partial charge is 0.328 e. The summed E-state index contributed by atoms with van der Waals surface area (Å²) in [6, 6.07) is 6.30. The summed E-state index contributed by atoms with van der Waals surface area (Å²) in [7, 11) is -3.71. The highest BCUT2D eigenvalue weighted by molar-refractivity contribution is 7.92. The van der Waals surface area contributed by atoms with Crippen LogP contribution in [-0.4, -0.2) is 29.5 Å². The largest absolute Gasteiger partial charge is 0.478 e. The van der Waals surface area contributed by atoms with Gasteiger partial charge in [0.05, 0.1) is 6.20 Å². The minimum absolute atomic E-state index is 0.0187. The molecule has 0 spiro atoms. The van der Waals surface area contributed by atoms with Crippen molar-refractivity contribution in [3.63, 3.8) is 0 Å². The second-order valence-corrected chi connectivity index (χ2v) is 5.88. The lowest BCUT2D eigenvalue weighted by Crippen LogP contribution is -2.13. The predicted octanol–water partition coefficient (Wildman–Crippen LogP) is 1.62. The number of sulfonamides is 1. The zero-order valence-electron chi connectivity index (χ0n) is 11.1. The Morgan fingerprint density at radius 2 is 2.00 bits per heavy atom. The van der Waals surface area contributed by atoms with E-state index in [9.17, 15) is 13.2 Å². The Labute approximate surface area is 121 Å². The van der Waals surface area contributed by atoms with Gasteiger partial charge in [-0.3, -0.25) is 4.72 Å². The molecule has 110 valence electrons. The van der Waals surface area contributed by atoms with Gasteiger partial charge in [-0.05, 0) is 30.7 Å². The van der Waals surface area contributed by atoms with Crippen LogP contribution in [0.25, 0.3) is 6.08 Å². The molecule has 21 heavy (non-hydrogen) atoms. The van der Waals surface area contributed by atoms with E-state index in [0.717, 1.165) is 6.08 Å². The highest BCUT2D eigenvalue weighted by Crippen LogP contribution is 2.16. The first-order valence-electron chi connectivity index (χ1n) is 5.92. The molecule has 3 N–H and O–H groups in total. The number of benzene rings is 1. The van der Waals surface area contributed by atoms with Gasteiger partial charge in [0.2, 0.25) is 0 Å². The molecule has 0 unspecified atom stereocenters. The minimum atomic E-state index is -3.71. The summed E-state index contributed by atoms with van der Waals surface area (Å²) in [6.07, 6.45) is 3.66. The van der Waals surface area contributed by atoms with Gasteiger partial charge >= 0.3 is 5.97 Å². The molecule has 0 bridgehead atoms. The van der Waals surface area contributed by atoms with Crippen LogP contribution in [0.1, 0.15) is 11.4 Å². The maximum atomic E-state index is 12.0. The quantitative estimate of drug-likeness (QED) is 0.727. The van der Waals surface area contributed by atoms with E-state index in [0.29, 0.717) is 17.1 Å². The highest BCUT2D eigenvalue weighted by atomic mass is 32.2. The third-order valence-electron chi connectivity index (χ3n) is 2.55. The molecule has 1 aromatic carbocycles. The summed E-state index contributed by atoms with van der Waals surface area (Å²) < 4.78 is 26.5. The monoisotopic (exact) mass is 307 g/mol. The minimum Gasteiger partial charge on any atom is -0.478 e. The van der Waals surface area contributed by atoms with E-state index in [1.54, 1.807) is 31.2 Å². The second kappa shape index (κ2) is 5.80. The molecule has 7 nitrogen and oxygen atoms in total. The van der Waals surface area contributed by atoms with Crippen molar-refractivity contribution >= 4 is 27.8 Å². The number of carbonyl (C=O) groups is 1. The number of nitrogens with one attached hydrogen (secondary N) is 2. The molecule has 0 aliphatic heterocycles. The molecule has 1 heterocycles. The fraction of sp³-hybridized carbons (Fsp3) is 0.0769. The van der Waals surface area contributed by atoms with E-state index < -0.39 is 16.0 Å². The van der Waals surface area contributed by atoms with Gasteiger partial charge in [-0.25, -0.2) is 9.78 Å². The number of hydrogen-bond acceptors (Lipinski definition) is 4. The van der Waals surface area contributed by atoms with Crippen LogP contribution in [-0.2, 0) is 14.8 Å². The van der Waals surface area contributed by atoms with Gasteiger partial charge < -0.3 is 10.1 Å². The number of aryl methyl sites for hydroxylation is 1. The van der Waals surface area contributed by atoms with Crippen LogP contribution in [0.2, 0.25) is 0 Å². The molecule has 8 heteroatoms. The van der Waals surface area contributed by atoms with Gasteiger partial charge in [-0.1, -0.05) is 12.1 Å². The zero-order chi connectivity index (χ0) is 15.5. The number of imidazole rings is 1. The molecule has 0 aliphatic carbocycles. The van der Waals surface area contributed by atoms with Crippen LogP contribution < -0.4 is 4.72 Å². The Kier molecular flexibility index (Phi) is 4.08. The zero-order valence-corrected chi connectivity index (χ0v) is 11.9. The lowest BCUT2D eigenvalue weighted by atomic mass is 10.2. The molecule has 0 fully saturated rings. The third kappa shape index (κ3) is 3.93. The molecular formula is C13H13N3O4S. The number of aliphatic carboxylic acids is 1. The number of hydrogen-bond donors (Lipinski definition) is 3. The lowest BCUT2D eigenvalue weighted by molar-refractivity contribution is -0.131. The van der Waals surface area contributed by atoms with Crippen molar-refractivity contribution in [2.75, 3.05) is 4.72 Å². The van der Waals surface area contributed by atoms with E-state index in [2.05, 4.69) is 14.7 Å². The van der Waals surface area contributed by atoms with E-state index in [4.69, 9.17) is 5.11 Å². The van der Waals surface area contributed by atoms with E-state index in [-0.39, 0.29) is 5.03 Å². The van der Waals surface area contributed by atoms with Crippen molar-refractivity contribution in [2.45, 2.75) is 11.9 Å². The van der Waals surface area contributed by atoms with Gasteiger partial charge in [-0.15, -0.1) is 0 Å². The summed E-state index contributed by atoms with van der Waals surface area (Å²) in [5.41, 5.74) is 1.02. The van der Waals surface area contributed by atoms with Gasteiger partial charge in [0, 0.05) is 11.8 Å². The summed E-state index contributed by atoms with van der Waals surface area (Å²) >= 11 is 0. The second-order valence-electron chi connectivity index (χ2n) is 4.23. The molecule has 1 aromatic heterocycles. The van der Waals surface area contributed by atoms with E-state index in [1.807, 2.05) is 0 Å². The fourth-order valence-electron chi connectivity index (χ4n) is 1.57. The number of H-pyrrole nitrogens is 1. The molecule has 2 aromatic rings. The van der Waals surface area contributed by atoms with Crippen molar-refractivity contribution in [3.8, 4) is 0 Å². The average molecular weight is 307 g/mol. The number of carboxylic acids is 1.